The lowest BCUT2D eigenvalue weighted by atomic mass is 9.64. The number of hydrogen-bond donors (Lipinski definition) is 1. The van der Waals surface area contributed by atoms with Crippen molar-refractivity contribution in [3.63, 3.8) is 0 Å². The summed E-state index contributed by atoms with van der Waals surface area (Å²) < 4.78 is 0. The summed E-state index contributed by atoms with van der Waals surface area (Å²) in [7, 11) is 0. The topological polar surface area (TPSA) is 29.1 Å². The monoisotopic (exact) mass is 285 g/mol. The highest BCUT2D eigenvalue weighted by atomic mass is 16.1. The van der Waals surface area contributed by atoms with Crippen LogP contribution < -0.4 is 5.32 Å². The van der Waals surface area contributed by atoms with E-state index in [4.69, 9.17) is 0 Å². The van der Waals surface area contributed by atoms with Crippen LogP contribution in [0.2, 0.25) is 0 Å². The van der Waals surface area contributed by atoms with Crippen LogP contribution in [0.25, 0.3) is 0 Å². The highest BCUT2D eigenvalue weighted by Crippen LogP contribution is 2.56. The van der Waals surface area contributed by atoms with E-state index < -0.39 is 0 Å². The van der Waals surface area contributed by atoms with E-state index in [0.717, 1.165) is 18.5 Å². The summed E-state index contributed by atoms with van der Waals surface area (Å²) in [6, 6.07) is 8.16. The third-order valence-electron chi connectivity index (χ3n) is 5.81. The Labute approximate surface area is 128 Å². The van der Waals surface area contributed by atoms with Crippen LogP contribution >= 0.6 is 0 Å². The van der Waals surface area contributed by atoms with Gasteiger partial charge in [-0.25, -0.2) is 0 Å². The Kier molecular flexibility index (Phi) is 4.27. The van der Waals surface area contributed by atoms with E-state index in [1.807, 2.05) is 12.1 Å². The molecule has 1 N–H and O–H groups in total. The number of aryl methyl sites for hydroxylation is 1. The van der Waals surface area contributed by atoms with Crippen LogP contribution in [0.15, 0.2) is 36.5 Å². The number of allylic oxidation sites excluding steroid dienone is 1. The van der Waals surface area contributed by atoms with Gasteiger partial charge in [-0.15, -0.1) is 0 Å². The number of carbonyl (C=O) groups excluding carboxylic acids is 1. The molecule has 2 heteroatoms. The van der Waals surface area contributed by atoms with Gasteiger partial charge in [0.1, 0.15) is 0 Å². The van der Waals surface area contributed by atoms with Gasteiger partial charge < -0.3 is 5.32 Å². The summed E-state index contributed by atoms with van der Waals surface area (Å²) >= 11 is 0. The molecule has 0 bridgehead atoms. The number of ketones is 1. The smallest absolute Gasteiger partial charge is 0.163 e. The fraction of sp³-hybridized carbons (Fsp3) is 0.526. The second-order valence-electron chi connectivity index (χ2n) is 7.20. The van der Waals surface area contributed by atoms with Gasteiger partial charge in [0.15, 0.2) is 5.78 Å². The highest BCUT2D eigenvalue weighted by molar-refractivity contribution is 5.95. The zero-order valence-electron chi connectivity index (χ0n) is 13.9. The van der Waals surface area contributed by atoms with Gasteiger partial charge in [-0.2, -0.15) is 0 Å². The first-order chi connectivity index (χ1) is 9.77. The molecule has 2 rings (SSSR count). The van der Waals surface area contributed by atoms with Crippen molar-refractivity contribution in [3.05, 3.63) is 42.1 Å². The molecule has 0 saturated heterocycles. The Bertz CT molecular complexity index is 541. The molecule has 1 aliphatic rings. The van der Waals surface area contributed by atoms with Gasteiger partial charge in [-0.05, 0) is 49.3 Å². The number of hydrogen-bond acceptors (Lipinski definition) is 2. The third kappa shape index (κ3) is 2.90. The van der Waals surface area contributed by atoms with Crippen molar-refractivity contribution in [1.82, 2.24) is 0 Å². The molecule has 0 spiro atoms. The minimum absolute atomic E-state index is 0.0539. The van der Waals surface area contributed by atoms with Gasteiger partial charge in [-0.3, -0.25) is 4.79 Å². The Morgan fingerprint density at radius 3 is 2.38 bits per heavy atom. The summed E-state index contributed by atoms with van der Waals surface area (Å²) in [6.45, 7) is 10.9. The number of rotatable bonds is 4. The van der Waals surface area contributed by atoms with Gasteiger partial charge >= 0.3 is 0 Å². The van der Waals surface area contributed by atoms with Gasteiger partial charge in [0.05, 0.1) is 0 Å². The van der Waals surface area contributed by atoms with Crippen molar-refractivity contribution in [2.24, 2.45) is 16.7 Å². The molecule has 0 aromatic heterocycles. The van der Waals surface area contributed by atoms with Crippen molar-refractivity contribution >= 4 is 11.5 Å². The largest absolute Gasteiger partial charge is 0.362 e. The minimum atomic E-state index is -0.252. The van der Waals surface area contributed by atoms with E-state index in [1.54, 1.807) is 12.3 Å². The van der Waals surface area contributed by atoms with E-state index in [0.29, 0.717) is 5.92 Å². The normalized spacial score (nSPS) is 28.0. The SMILES string of the molecule is Cc1ccc(NC=CC(=O)C2(C)CCC(C)C2(C)C)cc1. The zero-order chi connectivity index (χ0) is 15.7. The summed E-state index contributed by atoms with van der Waals surface area (Å²) in [6.07, 6.45) is 5.60. The molecule has 1 aromatic carbocycles. The maximum atomic E-state index is 12.6. The van der Waals surface area contributed by atoms with Crippen LogP contribution in [-0.2, 0) is 4.79 Å². The molecule has 2 nitrogen and oxygen atoms in total. The first-order valence-corrected chi connectivity index (χ1v) is 7.81. The first kappa shape index (κ1) is 15.8. The second kappa shape index (κ2) is 5.67. The zero-order valence-corrected chi connectivity index (χ0v) is 13.9. The lowest BCUT2D eigenvalue weighted by molar-refractivity contribution is -0.128. The Hall–Kier alpha value is -1.57. The maximum Gasteiger partial charge on any atom is 0.163 e. The second-order valence-corrected chi connectivity index (χ2v) is 7.20. The summed E-state index contributed by atoms with van der Waals surface area (Å²) in [4.78, 5) is 12.6. The number of nitrogens with one attached hydrogen (secondary N) is 1. The van der Waals surface area contributed by atoms with Gasteiger partial charge in [-0.1, -0.05) is 45.4 Å². The standard InChI is InChI=1S/C19H27NO/c1-14-6-8-16(9-7-14)20-13-11-17(21)19(5)12-10-15(2)18(19,3)4/h6-9,11,13,15,20H,10,12H2,1-5H3. The molecule has 0 radical (unpaired) electrons. The van der Waals surface area contributed by atoms with Crippen LogP contribution in [0, 0.1) is 23.7 Å². The van der Waals surface area contributed by atoms with Gasteiger partial charge in [0.25, 0.3) is 0 Å². The Balaban J connectivity index is 2.04. The fourth-order valence-electron chi connectivity index (χ4n) is 3.22. The predicted molar refractivity (Wildman–Crippen MR) is 89.2 cm³/mol. The average Bonchev–Trinajstić information content (AvgIpc) is 2.65. The first-order valence-electron chi connectivity index (χ1n) is 7.81. The van der Waals surface area contributed by atoms with Gasteiger partial charge in [0.2, 0.25) is 0 Å². The number of carbonyl (C=O) groups is 1. The molecule has 2 unspecified atom stereocenters. The predicted octanol–water partition coefficient (Wildman–Crippen LogP) is 4.95. The average molecular weight is 285 g/mol. The minimum Gasteiger partial charge on any atom is -0.362 e. The lowest BCUT2D eigenvalue weighted by Gasteiger charge is -2.39. The summed E-state index contributed by atoms with van der Waals surface area (Å²) in [5, 5.41) is 3.18. The Morgan fingerprint density at radius 2 is 1.86 bits per heavy atom. The molecule has 114 valence electrons. The van der Waals surface area contributed by atoms with Crippen LogP contribution in [0.4, 0.5) is 5.69 Å². The van der Waals surface area contributed by atoms with Crippen LogP contribution in [0.5, 0.6) is 0 Å². The molecule has 1 fully saturated rings. The molecule has 2 atom stereocenters. The van der Waals surface area contributed by atoms with Crippen LogP contribution in [0.3, 0.4) is 0 Å². The maximum absolute atomic E-state index is 12.6. The van der Waals surface area contributed by atoms with Crippen LogP contribution in [0.1, 0.15) is 46.1 Å². The summed E-state index contributed by atoms with van der Waals surface area (Å²) in [5.74, 6) is 0.821. The highest BCUT2D eigenvalue weighted by Gasteiger charge is 2.52. The molecular formula is C19H27NO. The number of anilines is 1. The van der Waals surface area contributed by atoms with E-state index in [-0.39, 0.29) is 16.6 Å². The Morgan fingerprint density at radius 1 is 1.24 bits per heavy atom. The fourth-order valence-corrected chi connectivity index (χ4v) is 3.22. The third-order valence-corrected chi connectivity index (χ3v) is 5.81. The van der Waals surface area contributed by atoms with E-state index in [1.165, 1.54) is 5.56 Å². The van der Waals surface area contributed by atoms with E-state index >= 15 is 0 Å². The molecule has 1 saturated carbocycles. The molecule has 1 aromatic rings. The molecule has 0 heterocycles. The van der Waals surface area contributed by atoms with Gasteiger partial charge in [0, 0.05) is 17.3 Å². The van der Waals surface area contributed by atoms with E-state index in [2.05, 4.69) is 52.1 Å². The molecule has 21 heavy (non-hydrogen) atoms. The van der Waals surface area contributed by atoms with Crippen molar-refractivity contribution < 1.29 is 4.79 Å². The molecular weight excluding hydrogens is 258 g/mol. The van der Waals surface area contributed by atoms with Crippen molar-refractivity contribution in [3.8, 4) is 0 Å². The number of benzene rings is 1. The quantitative estimate of drug-likeness (QED) is 0.793. The lowest BCUT2D eigenvalue weighted by Crippen LogP contribution is -2.39. The molecule has 0 aliphatic heterocycles. The summed E-state index contributed by atoms with van der Waals surface area (Å²) in [5.41, 5.74) is 2.04. The van der Waals surface area contributed by atoms with Crippen molar-refractivity contribution in [1.29, 1.82) is 0 Å². The van der Waals surface area contributed by atoms with Crippen LogP contribution in [-0.4, -0.2) is 5.78 Å². The molecule has 0 amide bonds. The van der Waals surface area contributed by atoms with Crippen molar-refractivity contribution in [2.75, 3.05) is 5.32 Å². The van der Waals surface area contributed by atoms with E-state index in [9.17, 15) is 4.79 Å². The molecule has 1 aliphatic carbocycles. The van der Waals surface area contributed by atoms with Crippen molar-refractivity contribution in [2.45, 2.75) is 47.5 Å².